The fraction of sp³-hybridized carbons (Fsp3) is 0.400. The standard InChI is InChI=1S/C10H12ClN/c1-6-4-7(11)2-3-8(6)9-5-10(9)12/h2-4,9-10H,5,12H2,1H3. The van der Waals surface area contributed by atoms with Crippen molar-refractivity contribution in [3.05, 3.63) is 34.3 Å². The lowest BCUT2D eigenvalue weighted by Crippen LogP contribution is -2.01. The number of aryl methyl sites for hydroxylation is 1. The van der Waals surface area contributed by atoms with Crippen molar-refractivity contribution in [1.29, 1.82) is 0 Å². The van der Waals surface area contributed by atoms with Crippen LogP contribution in [-0.4, -0.2) is 6.04 Å². The van der Waals surface area contributed by atoms with E-state index in [4.69, 9.17) is 17.3 Å². The molecule has 64 valence electrons. The molecule has 0 radical (unpaired) electrons. The van der Waals surface area contributed by atoms with Crippen LogP contribution in [0.1, 0.15) is 23.5 Å². The summed E-state index contributed by atoms with van der Waals surface area (Å²) in [7, 11) is 0. The zero-order valence-electron chi connectivity index (χ0n) is 7.05. The summed E-state index contributed by atoms with van der Waals surface area (Å²) in [6.07, 6.45) is 1.13. The van der Waals surface area contributed by atoms with Crippen molar-refractivity contribution in [2.24, 2.45) is 5.73 Å². The van der Waals surface area contributed by atoms with Gasteiger partial charge in [0, 0.05) is 17.0 Å². The van der Waals surface area contributed by atoms with Crippen LogP contribution in [0.25, 0.3) is 0 Å². The molecule has 1 aromatic rings. The SMILES string of the molecule is Cc1cc(Cl)ccc1C1CC1N. The van der Waals surface area contributed by atoms with E-state index < -0.39 is 0 Å². The van der Waals surface area contributed by atoms with Gasteiger partial charge in [-0.1, -0.05) is 17.7 Å². The van der Waals surface area contributed by atoms with Gasteiger partial charge in [0.05, 0.1) is 0 Å². The topological polar surface area (TPSA) is 26.0 Å². The van der Waals surface area contributed by atoms with E-state index in [0.717, 1.165) is 11.4 Å². The molecule has 0 amide bonds. The predicted molar refractivity (Wildman–Crippen MR) is 51.5 cm³/mol. The number of nitrogens with two attached hydrogens (primary N) is 1. The van der Waals surface area contributed by atoms with Crippen molar-refractivity contribution in [3.8, 4) is 0 Å². The normalized spacial score (nSPS) is 27.2. The number of benzene rings is 1. The third kappa shape index (κ3) is 1.35. The van der Waals surface area contributed by atoms with E-state index in [9.17, 15) is 0 Å². The summed E-state index contributed by atoms with van der Waals surface area (Å²) < 4.78 is 0. The molecular weight excluding hydrogens is 170 g/mol. The molecule has 1 nitrogen and oxygen atoms in total. The molecule has 0 aliphatic heterocycles. The van der Waals surface area contributed by atoms with Crippen LogP contribution in [0, 0.1) is 6.92 Å². The summed E-state index contributed by atoms with van der Waals surface area (Å²) in [4.78, 5) is 0. The van der Waals surface area contributed by atoms with Crippen LogP contribution in [0.2, 0.25) is 5.02 Å². The summed E-state index contributed by atoms with van der Waals surface area (Å²) >= 11 is 5.85. The van der Waals surface area contributed by atoms with Gasteiger partial charge in [0.25, 0.3) is 0 Å². The Labute approximate surface area is 77.5 Å². The average Bonchev–Trinajstić information content (AvgIpc) is 2.66. The maximum Gasteiger partial charge on any atom is 0.0408 e. The number of hydrogen-bond acceptors (Lipinski definition) is 1. The van der Waals surface area contributed by atoms with Crippen LogP contribution in [-0.2, 0) is 0 Å². The van der Waals surface area contributed by atoms with Crippen molar-refractivity contribution >= 4 is 11.6 Å². The molecule has 2 N–H and O–H groups in total. The molecule has 1 aliphatic carbocycles. The Bertz CT molecular complexity index is 309. The molecular formula is C10H12ClN. The van der Waals surface area contributed by atoms with Crippen molar-refractivity contribution in [3.63, 3.8) is 0 Å². The second-order valence-electron chi connectivity index (χ2n) is 3.51. The molecule has 1 saturated carbocycles. The molecule has 1 aromatic carbocycles. The van der Waals surface area contributed by atoms with Gasteiger partial charge < -0.3 is 5.73 Å². The summed E-state index contributed by atoms with van der Waals surface area (Å²) in [6.45, 7) is 2.09. The molecule has 0 bridgehead atoms. The van der Waals surface area contributed by atoms with Gasteiger partial charge >= 0.3 is 0 Å². The fourth-order valence-corrected chi connectivity index (χ4v) is 1.85. The van der Waals surface area contributed by atoms with E-state index >= 15 is 0 Å². The van der Waals surface area contributed by atoms with Gasteiger partial charge in [-0.05, 0) is 36.6 Å². The molecule has 1 aliphatic rings. The first-order valence-electron chi connectivity index (χ1n) is 4.20. The van der Waals surface area contributed by atoms with E-state index in [1.165, 1.54) is 11.1 Å². The van der Waals surface area contributed by atoms with Gasteiger partial charge in [-0.3, -0.25) is 0 Å². The van der Waals surface area contributed by atoms with Gasteiger partial charge in [0.1, 0.15) is 0 Å². The molecule has 0 saturated heterocycles. The van der Waals surface area contributed by atoms with Gasteiger partial charge in [0.15, 0.2) is 0 Å². The minimum atomic E-state index is 0.380. The molecule has 0 heterocycles. The van der Waals surface area contributed by atoms with Gasteiger partial charge in [-0.25, -0.2) is 0 Å². The highest BCUT2D eigenvalue weighted by molar-refractivity contribution is 6.30. The third-order valence-corrected chi connectivity index (χ3v) is 2.71. The van der Waals surface area contributed by atoms with E-state index in [1.807, 2.05) is 12.1 Å². The molecule has 2 atom stereocenters. The number of hydrogen-bond donors (Lipinski definition) is 1. The lowest BCUT2D eigenvalue weighted by Gasteiger charge is -2.03. The Balaban J connectivity index is 2.33. The maximum absolute atomic E-state index is 5.85. The smallest absolute Gasteiger partial charge is 0.0408 e. The van der Waals surface area contributed by atoms with Crippen molar-refractivity contribution < 1.29 is 0 Å². The zero-order valence-corrected chi connectivity index (χ0v) is 7.81. The van der Waals surface area contributed by atoms with Crippen molar-refractivity contribution in [2.75, 3.05) is 0 Å². The highest BCUT2D eigenvalue weighted by Crippen LogP contribution is 2.40. The van der Waals surface area contributed by atoms with Crippen molar-refractivity contribution in [2.45, 2.75) is 25.3 Å². The lowest BCUT2D eigenvalue weighted by molar-refractivity contribution is 0.980. The quantitative estimate of drug-likeness (QED) is 0.708. The van der Waals surface area contributed by atoms with Crippen LogP contribution in [0.5, 0.6) is 0 Å². The molecule has 2 rings (SSSR count). The molecule has 1 fully saturated rings. The Kier molecular flexibility index (Phi) is 1.85. The van der Waals surface area contributed by atoms with Gasteiger partial charge in [-0.15, -0.1) is 0 Å². The predicted octanol–water partition coefficient (Wildman–Crippen LogP) is 2.46. The number of rotatable bonds is 1. The Morgan fingerprint density at radius 3 is 2.67 bits per heavy atom. The Hall–Kier alpha value is -0.530. The molecule has 0 spiro atoms. The highest BCUT2D eigenvalue weighted by Gasteiger charge is 2.35. The van der Waals surface area contributed by atoms with Crippen LogP contribution >= 0.6 is 11.6 Å². The summed E-state index contributed by atoms with van der Waals surface area (Å²) in [6, 6.07) is 6.41. The first kappa shape index (κ1) is 8.09. The monoisotopic (exact) mass is 181 g/mol. The maximum atomic E-state index is 5.85. The number of halogens is 1. The minimum absolute atomic E-state index is 0.380. The first-order valence-corrected chi connectivity index (χ1v) is 4.58. The van der Waals surface area contributed by atoms with E-state index in [1.54, 1.807) is 0 Å². The van der Waals surface area contributed by atoms with Crippen LogP contribution in [0.15, 0.2) is 18.2 Å². The summed E-state index contributed by atoms with van der Waals surface area (Å²) in [5.41, 5.74) is 8.40. The summed E-state index contributed by atoms with van der Waals surface area (Å²) in [5.74, 6) is 0.585. The van der Waals surface area contributed by atoms with Crippen molar-refractivity contribution in [1.82, 2.24) is 0 Å². The lowest BCUT2D eigenvalue weighted by atomic mass is 10.0. The molecule has 2 heteroatoms. The Morgan fingerprint density at radius 2 is 2.17 bits per heavy atom. The van der Waals surface area contributed by atoms with Crippen LogP contribution < -0.4 is 5.73 Å². The van der Waals surface area contributed by atoms with E-state index in [0.29, 0.717) is 12.0 Å². The Morgan fingerprint density at radius 1 is 1.50 bits per heavy atom. The van der Waals surface area contributed by atoms with E-state index in [-0.39, 0.29) is 0 Å². The van der Waals surface area contributed by atoms with E-state index in [2.05, 4.69) is 13.0 Å². The molecule has 12 heavy (non-hydrogen) atoms. The largest absolute Gasteiger partial charge is 0.327 e. The zero-order chi connectivity index (χ0) is 8.72. The fourth-order valence-electron chi connectivity index (χ4n) is 1.63. The van der Waals surface area contributed by atoms with Crippen LogP contribution in [0.4, 0.5) is 0 Å². The molecule has 0 aromatic heterocycles. The highest BCUT2D eigenvalue weighted by atomic mass is 35.5. The molecule has 2 unspecified atom stereocenters. The van der Waals surface area contributed by atoms with Gasteiger partial charge in [0.2, 0.25) is 0 Å². The van der Waals surface area contributed by atoms with Crippen LogP contribution in [0.3, 0.4) is 0 Å². The minimum Gasteiger partial charge on any atom is -0.327 e. The third-order valence-electron chi connectivity index (χ3n) is 2.47. The average molecular weight is 182 g/mol. The first-order chi connectivity index (χ1) is 5.68. The second-order valence-corrected chi connectivity index (χ2v) is 3.94. The summed E-state index contributed by atoms with van der Waals surface area (Å²) in [5, 5.41) is 0.811. The van der Waals surface area contributed by atoms with Gasteiger partial charge in [-0.2, -0.15) is 0 Å². The second kappa shape index (κ2) is 2.75.